The summed E-state index contributed by atoms with van der Waals surface area (Å²) >= 11 is 0. The summed E-state index contributed by atoms with van der Waals surface area (Å²) in [4.78, 5) is 0. The maximum atomic E-state index is 5.96. The minimum atomic E-state index is -2.85. The van der Waals surface area contributed by atoms with Crippen LogP contribution in [0.2, 0.25) is 5.54 Å². The molecule has 0 bridgehead atoms. The highest BCUT2D eigenvalue weighted by molar-refractivity contribution is 6.62. The minimum absolute atomic E-state index is 0.192. The molecule has 0 aromatic carbocycles. The van der Waals surface area contributed by atoms with E-state index in [1.165, 1.54) is 12.8 Å². The van der Waals surface area contributed by atoms with E-state index in [1.54, 1.807) is 0 Å². The van der Waals surface area contributed by atoms with E-state index in [0.29, 0.717) is 25.4 Å². The molecule has 7 heteroatoms. The van der Waals surface area contributed by atoms with Crippen molar-refractivity contribution in [3.05, 3.63) is 0 Å². The number of hydrogen-bond donors (Lipinski definition) is 0. The highest BCUT2D eigenvalue weighted by Gasteiger charge is 2.51. The van der Waals surface area contributed by atoms with Crippen molar-refractivity contribution in [3.8, 4) is 0 Å². The van der Waals surface area contributed by atoms with Crippen molar-refractivity contribution in [3.63, 3.8) is 0 Å². The van der Waals surface area contributed by atoms with E-state index in [9.17, 15) is 0 Å². The van der Waals surface area contributed by atoms with Gasteiger partial charge in [0.25, 0.3) is 0 Å². The first-order valence-corrected chi connectivity index (χ1v) is 9.74. The quantitative estimate of drug-likeness (QED) is 0.295. The fraction of sp³-hybridized carbons (Fsp3) is 1.00. The van der Waals surface area contributed by atoms with Gasteiger partial charge >= 0.3 is 8.80 Å². The van der Waals surface area contributed by atoms with E-state index >= 15 is 0 Å². The monoisotopic (exact) mass is 322 g/mol. The van der Waals surface area contributed by atoms with Gasteiger partial charge in [-0.05, 0) is 33.6 Å². The Labute approximate surface area is 129 Å². The largest absolute Gasteiger partial charge is 0.509 e. The molecular weight excluding hydrogens is 292 g/mol. The predicted molar refractivity (Wildman–Crippen MR) is 80.7 cm³/mol. The molecule has 6 nitrogen and oxygen atoms in total. The zero-order valence-corrected chi connectivity index (χ0v) is 14.6. The first kappa shape index (κ1) is 19.0. The Morgan fingerprint density at radius 3 is 1.43 bits per heavy atom. The molecule has 1 saturated carbocycles. The van der Waals surface area contributed by atoms with Gasteiger partial charge in [0.2, 0.25) is 0 Å². The Bertz CT molecular complexity index is 221. The van der Waals surface area contributed by atoms with Gasteiger partial charge in [-0.15, -0.1) is 0 Å². The van der Waals surface area contributed by atoms with Crippen LogP contribution < -0.4 is 0 Å². The van der Waals surface area contributed by atoms with E-state index in [-0.39, 0.29) is 20.4 Å². The summed E-state index contributed by atoms with van der Waals surface area (Å²) < 4.78 is 33.9. The summed E-state index contributed by atoms with van der Waals surface area (Å²) in [7, 11) is -2.85. The zero-order chi connectivity index (χ0) is 15.4. The third-order valence-corrected chi connectivity index (χ3v) is 6.64. The summed E-state index contributed by atoms with van der Waals surface area (Å²) in [5.74, 6) is 0. The molecule has 1 aliphatic rings. The van der Waals surface area contributed by atoms with Crippen LogP contribution in [0.25, 0.3) is 0 Å². The van der Waals surface area contributed by atoms with Crippen LogP contribution in [0.4, 0.5) is 0 Å². The van der Waals surface area contributed by atoms with Gasteiger partial charge in [-0.3, -0.25) is 0 Å². The number of hydrogen-bond acceptors (Lipinski definition) is 6. The van der Waals surface area contributed by atoms with Crippen molar-refractivity contribution in [2.75, 3.05) is 40.2 Å². The molecule has 0 heterocycles. The highest BCUT2D eigenvalue weighted by atomic mass is 28.4. The van der Waals surface area contributed by atoms with Gasteiger partial charge in [0, 0.05) is 25.4 Å². The summed E-state index contributed by atoms with van der Waals surface area (Å²) in [5.41, 5.74) is 0.305. The molecular formula is C14H30O6Si. The maximum Gasteiger partial charge on any atom is 0.509 e. The van der Waals surface area contributed by atoms with Gasteiger partial charge in [0.15, 0.2) is 0 Å². The van der Waals surface area contributed by atoms with Gasteiger partial charge < -0.3 is 27.5 Å². The standard InChI is InChI=1S/C14H30O6Si/c1-4-15-11-18-21(19-12-16-5-2,20-13-17-6-3)14-9-7-8-10-14/h14H,4-13H2,1-3H3. The van der Waals surface area contributed by atoms with E-state index in [2.05, 4.69) is 0 Å². The van der Waals surface area contributed by atoms with Crippen LogP contribution in [0, 0.1) is 0 Å². The normalized spacial score (nSPS) is 16.7. The minimum Gasteiger partial charge on any atom is -0.357 e. The number of ether oxygens (including phenoxy) is 3. The van der Waals surface area contributed by atoms with Gasteiger partial charge in [-0.2, -0.15) is 0 Å². The van der Waals surface area contributed by atoms with Gasteiger partial charge in [-0.25, -0.2) is 0 Å². The molecule has 0 spiro atoms. The molecule has 0 aromatic rings. The second kappa shape index (κ2) is 11.5. The lowest BCUT2D eigenvalue weighted by atomic mass is 10.4. The molecule has 0 N–H and O–H groups in total. The van der Waals surface area contributed by atoms with Gasteiger partial charge in [0.05, 0.1) is 0 Å². The fourth-order valence-corrected chi connectivity index (χ4v) is 5.19. The molecule has 0 unspecified atom stereocenters. The summed E-state index contributed by atoms with van der Waals surface area (Å²) in [6.45, 7) is 8.19. The van der Waals surface area contributed by atoms with Crippen LogP contribution >= 0.6 is 0 Å². The van der Waals surface area contributed by atoms with Crippen molar-refractivity contribution in [1.29, 1.82) is 0 Å². The topological polar surface area (TPSA) is 55.4 Å². The summed E-state index contributed by atoms with van der Waals surface area (Å²) in [5, 5.41) is 0. The van der Waals surface area contributed by atoms with E-state index in [4.69, 9.17) is 27.5 Å². The molecule has 1 rings (SSSR count). The Morgan fingerprint density at radius 2 is 1.10 bits per heavy atom. The van der Waals surface area contributed by atoms with Crippen molar-refractivity contribution in [2.24, 2.45) is 0 Å². The molecule has 0 aliphatic heterocycles. The smallest absolute Gasteiger partial charge is 0.357 e. The van der Waals surface area contributed by atoms with Crippen molar-refractivity contribution >= 4 is 8.80 Å². The van der Waals surface area contributed by atoms with Crippen LogP contribution in [-0.2, 0) is 27.5 Å². The molecule has 0 radical (unpaired) electrons. The third-order valence-electron chi connectivity index (χ3n) is 3.50. The average molecular weight is 322 g/mol. The second-order valence-electron chi connectivity index (χ2n) is 4.85. The summed E-state index contributed by atoms with van der Waals surface area (Å²) in [6, 6.07) is 0. The SMILES string of the molecule is CCOCO[Si](OCOCC)(OCOCC)C1CCCC1. The molecule has 0 saturated heterocycles. The maximum absolute atomic E-state index is 5.96. The molecule has 0 atom stereocenters. The predicted octanol–water partition coefficient (Wildman–Crippen LogP) is 2.90. The van der Waals surface area contributed by atoms with Crippen LogP contribution in [-0.4, -0.2) is 49.0 Å². The molecule has 126 valence electrons. The molecule has 0 aromatic heterocycles. The van der Waals surface area contributed by atoms with Crippen molar-refractivity contribution in [2.45, 2.75) is 52.0 Å². The molecule has 1 fully saturated rings. The van der Waals surface area contributed by atoms with E-state index in [1.807, 2.05) is 20.8 Å². The van der Waals surface area contributed by atoms with Crippen LogP contribution in [0.5, 0.6) is 0 Å². The Kier molecular flexibility index (Phi) is 10.4. The average Bonchev–Trinajstić information content (AvgIpc) is 3.02. The molecule has 21 heavy (non-hydrogen) atoms. The lowest BCUT2D eigenvalue weighted by Crippen LogP contribution is -2.51. The zero-order valence-electron chi connectivity index (χ0n) is 13.6. The van der Waals surface area contributed by atoms with Crippen molar-refractivity contribution in [1.82, 2.24) is 0 Å². The lowest BCUT2D eigenvalue weighted by molar-refractivity contribution is -0.104. The number of rotatable bonds is 13. The van der Waals surface area contributed by atoms with E-state index < -0.39 is 8.80 Å². The van der Waals surface area contributed by atoms with Crippen molar-refractivity contribution < 1.29 is 27.5 Å². The van der Waals surface area contributed by atoms with Crippen LogP contribution in [0.15, 0.2) is 0 Å². The molecule has 0 amide bonds. The first-order valence-electron chi connectivity index (χ1n) is 7.94. The van der Waals surface area contributed by atoms with E-state index in [0.717, 1.165) is 12.8 Å². The second-order valence-corrected chi connectivity index (χ2v) is 7.74. The first-order chi connectivity index (χ1) is 10.3. The highest BCUT2D eigenvalue weighted by Crippen LogP contribution is 2.40. The van der Waals surface area contributed by atoms with Gasteiger partial charge in [-0.1, -0.05) is 12.8 Å². The molecule has 1 aliphatic carbocycles. The van der Waals surface area contributed by atoms with Gasteiger partial charge in [0.1, 0.15) is 20.4 Å². The summed E-state index contributed by atoms with van der Waals surface area (Å²) in [6.07, 6.45) is 4.51. The Morgan fingerprint density at radius 1 is 0.714 bits per heavy atom. The van der Waals surface area contributed by atoms with Crippen LogP contribution in [0.3, 0.4) is 0 Å². The Balaban J connectivity index is 2.66. The third kappa shape index (κ3) is 6.73. The Hall–Kier alpha value is -0.0231. The fourth-order valence-electron chi connectivity index (χ4n) is 2.38. The lowest BCUT2D eigenvalue weighted by Gasteiger charge is -2.33. The van der Waals surface area contributed by atoms with Crippen LogP contribution in [0.1, 0.15) is 46.5 Å².